The van der Waals surface area contributed by atoms with Crippen molar-refractivity contribution in [1.82, 2.24) is 0 Å². The SMILES string of the molecule is CC(C)CCOCc1cccc(C#CCCO)c1. The Hall–Kier alpha value is -1.30. The van der Waals surface area contributed by atoms with E-state index in [0.717, 1.165) is 24.2 Å². The molecule has 0 aromatic heterocycles. The van der Waals surface area contributed by atoms with Gasteiger partial charge in [-0.05, 0) is 30.0 Å². The molecule has 0 fully saturated rings. The number of aliphatic hydroxyl groups is 1. The molecule has 0 amide bonds. The predicted molar refractivity (Wildman–Crippen MR) is 74.1 cm³/mol. The van der Waals surface area contributed by atoms with Crippen LogP contribution in [-0.4, -0.2) is 18.3 Å². The van der Waals surface area contributed by atoms with Crippen molar-refractivity contribution in [3.63, 3.8) is 0 Å². The van der Waals surface area contributed by atoms with Crippen LogP contribution in [0.15, 0.2) is 24.3 Å². The number of hydrogen-bond donors (Lipinski definition) is 1. The van der Waals surface area contributed by atoms with Crippen LogP contribution >= 0.6 is 0 Å². The molecule has 2 heteroatoms. The van der Waals surface area contributed by atoms with E-state index in [1.807, 2.05) is 24.3 Å². The smallest absolute Gasteiger partial charge is 0.0717 e. The number of rotatable bonds is 6. The van der Waals surface area contributed by atoms with E-state index in [0.29, 0.717) is 18.9 Å². The van der Waals surface area contributed by atoms with Gasteiger partial charge in [-0.15, -0.1) is 0 Å². The summed E-state index contributed by atoms with van der Waals surface area (Å²) in [5, 5.41) is 8.66. The molecule has 0 aliphatic carbocycles. The van der Waals surface area contributed by atoms with E-state index in [-0.39, 0.29) is 6.61 Å². The molecule has 18 heavy (non-hydrogen) atoms. The van der Waals surface area contributed by atoms with E-state index in [9.17, 15) is 0 Å². The summed E-state index contributed by atoms with van der Waals surface area (Å²) in [6, 6.07) is 8.05. The molecule has 0 spiro atoms. The molecule has 98 valence electrons. The molecule has 0 saturated carbocycles. The molecule has 0 radical (unpaired) electrons. The van der Waals surface area contributed by atoms with Crippen LogP contribution in [0.3, 0.4) is 0 Å². The highest BCUT2D eigenvalue weighted by molar-refractivity contribution is 5.36. The van der Waals surface area contributed by atoms with E-state index >= 15 is 0 Å². The lowest BCUT2D eigenvalue weighted by Gasteiger charge is -2.06. The maximum Gasteiger partial charge on any atom is 0.0717 e. The van der Waals surface area contributed by atoms with Gasteiger partial charge in [0.15, 0.2) is 0 Å². The van der Waals surface area contributed by atoms with E-state index in [1.165, 1.54) is 0 Å². The third-order valence-corrected chi connectivity index (χ3v) is 2.50. The summed E-state index contributed by atoms with van der Waals surface area (Å²) in [7, 11) is 0. The zero-order valence-electron chi connectivity index (χ0n) is 11.3. The van der Waals surface area contributed by atoms with Gasteiger partial charge >= 0.3 is 0 Å². The Balaban J connectivity index is 2.42. The summed E-state index contributed by atoms with van der Waals surface area (Å²) >= 11 is 0. The van der Waals surface area contributed by atoms with E-state index < -0.39 is 0 Å². The first-order chi connectivity index (χ1) is 8.72. The van der Waals surface area contributed by atoms with Gasteiger partial charge in [0.05, 0.1) is 13.2 Å². The van der Waals surface area contributed by atoms with Crippen molar-refractivity contribution in [2.75, 3.05) is 13.2 Å². The molecule has 0 unspecified atom stereocenters. The quantitative estimate of drug-likeness (QED) is 0.617. The largest absolute Gasteiger partial charge is 0.395 e. The molecular formula is C16H22O2. The number of ether oxygens (including phenoxy) is 1. The molecule has 0 aliphatic rings. The number of benzene rings is 1. The Labute approximate surface area is 110 Å². The maximum atomic E-state index is 8.66. The van der Waals surface area contributed by atoms with E-state index in [4.69, 9.17) is 9.84 Å². The lowest BCUT2D eigenvalue weighted by Crippen LogP contribution is -1.99. The average molecular weight is 246 g/mol. The van der Waals surface area contributed by atoms with Gasteiger partial charge in [0, 0.05) is 18.6 Å². The first kappa shape index (κ1) is 14.8. The first-order valence-corrected chi connectivity index (χ1v) is 6.49. The van der Waals surface area contributed by atoms with Crippen molar-refractivity contribution in [3.8, 4) is 11.8 Å². The summed E-state index contributed by atoms with van der Waals surface area (Å²) in [5.74, 6) is 6.63. The second-order valence-corrected chi connectivity index (χ2v) is 4.71. The molecule has 0 aliphatic heterocycles. The van der Waals surface area contributed by atoms with Crippen LogP contribution in [0, 0.1) is 17.8 Å². The second kappa shape index (κ2) is 8.74. The molecule has 2 nitrogen and oxygen atoms in total. The van der Waals surface area contributed by atoms with Gasteiger partial charge in [0.2, 0.25) is 0 Å². The van der Waals surface area contributed by atoms with Crippen molar-refractivity contribution in [1.29, 1.82) is 0 Å². The van der Waals surface area contributed by atoms with Gasteiger partial charge in [0.25, 0.3) is 0 Å². The fraction of sp³-hybridized carbons (Fsp3) is 0.500. The summed E-state index contributed by atoms with van der Waals surface area (Å²) < 4.78 is 5.62. The number of hydrogen-bond acceptors (Lipinski definition) is 2. The van der Waals surface area contributed by atoms with Crippen molar-refractivity contribution in [3.05, 3.63) is 35.4 Å². The normalized spacial score (nSPS) is 10.2. The van der Waals surface area contributed by atoms with Crippen LogP contribution in [-0.2, 0) is 11.3 Å². The van der Waals surface area contributed by atoms with Gasteiger partial charge in [-0.3, -0.25) is 0 Å². The molecular weight excluding hydrogens is 224 g/mol. The first-order valence-electron chi connectivity index (χ1n) is 6.49. The topological polar surface area (TPSA) is 29.5 Å². The minimum absolute atomic E-state index is 0.116. The third kappa shape index (κ3) is 6.44. The van der Waals surface area contributed by atoms with Crippen LogP contribution in [0.2, 0.25) is 0 Å². The van der Waals surface area contributed by atoms with Crippen molar-refractivity contribution >= 4 is 0 Å². The highest BCUT2D eigenvalue weighted by atomic mass is 16.5. The van der Waals surface area contributed by atoms with E-state index in [1.54, 1.807) is 0 Å². The van der Waals surface area contributed by atoms with Crippen LogP contribution < -0.4 is 0 Å². The Kier molecular flexibility index (Phi) is 7.17. The van der Waals surface area contributed by atoms with Gasteiger partial charge in [-0.25, -0.2) is 0 Å². The summed E-state index contributed by atoms with van der Waals surface area (Å²) in [4.78, 5) is 0. The van der Waals surface area contributed by atoms with E-state index in [2.05, 4.69) is 25.7 Å². The van der Waals surface area contributed by atoms with Crippen LogP contribution in [0.25, 0.3) is 0 Å². The van der Waals surface area contributed by atoms with Crippen LogP contribution in [0.1, 0.15) is 37.8 Å². The Morgan fingerprint density at radius 1 is 1.33 bits per heavy atom. The molecule has 1 aromatic carbocycles. The minimum atomic E-state index is 0.116. The lowest BCUT2D eigenvalue weighted by atomic mass is 10.1. The molecule has 0 heterocycles. The van der Waals surface area contributed by atoms with Crippen molar-refractivity contribution < 1.29 is 9.84 Å². The Bertz CT molecular complexity index is 399. The predicted octanol–water partition coefficient (Wildman–Crippen LogP) is 2.98. The lowest BCUT2D eigenvalue weighted by molar-refractivity contribution is 0.110. The van der Waals surface area contributed by atoms with Crippen LogP contribution in [0.5, 0.6) is 0 Å². The summed E-state index contributed by atoms with van der Waals surface area (Å²) in [6.07, 6.45) is 1.62. The van der Waals surface area contributed by atoms with Gasteiger partial charge in [0.1, 0.15) is 0 Å². The molecule has 1 N–H and O–H groups in total. The molecule has 0 bridgehead atoms. The fourth-order valence-electron chi connectivity index (χ4n) is 1.47. The molecule has 0 saturated heterocycles. The zero-order valence-corrected chi connectivity index (χ0v) is 11.3. The average Bonchev–Trinajstić information content (AvgIpc) is 2.35. The standard InChI is InChI=1S/C16H22O2/c1-14(2)9-11-18-13-16-8-5-7-15(12-16)6-3-4-10-17/h5,7-8,12,14,17H,4,9-11,13H2,1-2H3. The third-order valence-electron chi connectivity index (χ3n) is 2.50. The second-order valence-electron chi connectivity index (χ2n) is 4.71. The molecule has 1 aromatic rings. The van der Waals surface area contributed by atoms with Crippen molar-refractivity contribution in [2.45, 2.75) is 33.3 Å². The Morgan fingerprint density at radius 3 is 2.89 bits per heavy atom. The molecule has 1 rings (SSSR count). The van der Waals surface area contributed by atoms with Gasteiger partial charge < -0.3 is 9.84 Å². The highest BCUT2D eigenvalue weighted by Gasteiger charge is 1.97. The van der Waals surface area contributed by atoms with Gasteiger partial charge in [-0.1, -0.05) is 37.8 Å². The maximum absolute atomic E-state index is 8.66. The van der Waals surface area contributed by atoms with Crippen LogP contribution in [0.4, 0.5) is 0 Å². The Morgan fingerprint density at radius 2 is 2.17 bits per heavy atom. The fourth-order valence-corrected chi connectivity index (χ4v) is 1.47. The summed E-state index contributed by atoms with van der Waals surface area (Å²) in [5.41, 5.74) is 2.13. The highest BCUT2D eigenvalue weighted by Crippen LogP contribution is 2.07. The van der Waals surface area contributed by atoms with Gasteiger partial charge in [-0.2, -0.15) is 0 Å². The van der Waals surface area contributed by atoms with Crippen molar-refractivity contribution in [2.24, 2.45) is 5.92 Å². The monoisotopic (exact) mass is 246 g/mol. The summed E-state index contributed by atoms with van der Waals surface area (Å²) in [6.45, 7) is 5.95. The zero-order chi connectivity index (χ0) is 13.2. The minimum Gasteiger partial charge on any atom is -0.395 e. The number of aliphatic hydroxyl groups excluding tert-OH is 1. The molecule has 0 atom stereocenters.